The molecule has 7 heteroatoms. The van der Waals surface area contributed by atoms with E-state index < -0.39 is 0 Å². The molecular formula is C15H14ClN5O. The van der Waals surface area contributed by atoms with Crippen LogP contribution in [0.3, 0.4) is 0 Å². The van der Waals surface area contributed by atoms with Crippen molar-refractivity contribution in [3.8, 4) is 11.6 Å². The summed E-state index contributed by atoms with van der Waals surface area (Å²) in [4.78, 5) is 8.38. The van der Waals surface area contributed by atoms with E-state index in [-0.39, 0.29) is 0 Å². The lowest BCUT2D eigenvalue weighted by Crippen LogP contribution is -2.18. The predicted octanol–water partition coefficient (Wildman–Crippen LogP) is 3.58. The number of fused-ring (bicyclic) bond motifs is 1. The van der Waals surface area contributed by atoms with Crippen molar-refractivity contribution in [3.05, 3.63) is 35.6 Å². The number of ether oxygens (including phenoxy) is 1. The third-order valence-corrected chi connectivity index (χ3v) is 4.15. The third kappa shape index (κ3) is 2.16. The van der Waals surface area contributed by atoms with Gasteiger partial charge in [-0.2, -0.15) is 0 Å². The van der Waals surface area contributed by atoms with Crippen LogP contribution in [0.25, 0.3) is 11.0 Å². The first-order valence-electron chi connectivity index (χ1n) is 7.14. The van der Waals surface area contributed by atoms with Crippen LogP contribution in [0.2, 0.25) is 5.02 Å². The number of nitrogens with two attached hydrogens (primary N) is 1. The van der Waals surface area contributed by atoms with Crippen molar-refractivity contribution in [2.24, 2.45) is 0 Å². The summed E-state index contributed by atoms with van der Waals surface area (Å²) in [5, 5.41) is 5.81. The van der Waals surface area contributed by atoms with Crippen molar-refractivity contribution < 1.29 is 4.74 Å². The zero-order valence-electron chi connectivity index (χ0n) is 11.7. The van der Waals surface area contributed by atoms with E-state index in [1.54, 1.807) is 12.1 Å². The smallest absolute Gasteiger partial charge is 0.251 e. The molecule has 0 saturated heterocycles. The van der Waals surface area contributed by atoms with Crippen molar-refractivity contribution in [1.82, 2.24) is 19.7 Å². The van der Waals surface area contributed by atoms with Gasteiger partial charge >= 0.3 is 0 Å². The summed E-state index contributed by atoms with van der Waals surface area (Å²) < 4.78 is 7.78. The van der Waals surface area contributed by atoms with Crippen LogP contribution in [-0.4, -0.2) is 19.7 Å². The minimum absolute atomic E-state index is 0.355. The lowest BCUT2D eigenvalue weighted by atomic mass is 9.93. The molecule has 2 N–H and O–H groups in total. The zero-order valence-corrected chi connectivity index (χ0v) is 12.5. The predicted molar refractivity (Wildman–Crippen MR) is 84.1 cm³/mol. The second kappa shape index (κ2) is 5.14. The van der Waals surface area contributed by atoms with Gasteiger partial charge in [0, 0.05) is 5.02 Å². The summed E-state index contributed by atoms with van der Waals surface area (Å²) in [7, 11) is 0. The molecule has 1 aliphatic carbocycles. The van der Waals surface area contributed by atoms with Crippen LogP contribution in [0, 0.1) is 0 Å². The van der Waals surface area contributed by atoms with Gasteiger partial charge in [-0.15, -0.1) is 5.10 Å². The van der Waals surface area contributed by atoms with E-state index in [4.69, 9.17) is 22.1 Å². The van der Waals surface area contributed by atoms with Gasteiger partial charge in [-0.25, -0.2) is 14.6 Å². The van der Waals surface area contributed by atoms with Gasteiger partial charge in [0.05, 0.1) is 6.04 Å². The molecule has 2 aromatic heterocycles. The van der Waals surface area contributed by atoms with E-state index in [1.165, 1.54) is 12.7 Å². The Morgan fingerprint density at radius 1 is 1.27 bits per heavy atom. The van der Waals surface area contributed by atoms with Crippen LogP contribution in [-0.2, 0) is 0 Å². The molecule has 0 aliphatic heterocycles. The second-order valence-corrected chi connectivity index (χ2v) is 5.79. The van der Waals surface area contributed by atoms with Gasteiger partial charge in [0.15, 0.2) is 5.65 Å². The van der Waals surface area contributed by atoms with Crippen LogP contribution in [0.1, 0.15) is 25.3 Å². The van der Waals surface area contributed by atoms with Gasteiger partial charge < -0.3 is 10.5 Å². The van der Waals surface area contributed by atoms with E-state index in [1.807, 2.05) is 16.8 Å². The van der Waals surface area contributed by atoms with Crippen LogP contribution < -0.4 is 10.5 Å². The van der Waals surface area contributed by atoms with Crippen LogP contribution in [0.15, 0.2) is 30.6 Å². The molecule has 1 saturated carbocycles. The highest BCUT2D eigenvalue weighted by atomic mass is 35.5. The largest absolute Gasteiger partial charge is 0.437 e. The number of rotatable bonds is 3. The molecule has 0 spiro atoms. The molecule has 6 nitrogen and oxygen atoms in total. The van der Waals surface area contributed by atoms with Crippen molar-refractivity contribution >= 4 is 28.5 Å². The molecule has 0 atom stereocenters. The zero-order chi connectivity index (χ0) is 15.1. The van der Waals surface area contributed by atoms with Crippen molar-refractivity contribution in [2.75, 3.05) is 5.73 Å². The van der Waals surface area contributed by atoms with E-state index in [9.17, 15) is 0 Å². The summed E-state index contributed by atoms with van der Waals surface area (Å²) in [6.07, 6.45) is 4.85. The average Bonchev–Trinajstić information content (AvgIpc) is 2.77. The van der Waals surface area contributed by atoms with Crippen molar-refractivity contribution in [3.63, 3.8) is 0 Å². The Hall–Kier alpha value is -2.34. The van der Waals surface area contributed by atoms with E-state index in [0.717, 1.165) is 12.8 Å². The normalized spacial score (nSPS) is 15.0. The van der Waals surface area contributed by atoms with Crippen LogP contribution in [0.4, 0.5) is 5.82 Å². The molecule has 4 rings (SSSR count). The highest BCUT2D eigenvalue weighted by Crippen LogP contribution is 2.38. The molecule has 22 heavy (non-hydrogen) atoms. The number of halogens is 1. The fraction of sp³-hybridized carbons (Fsp3) is 0.267. The Labute approximate surface area is 131 Å². The third-order valence-electron chi connectivity index (χ3n) is 3.92. The lowest BCUT2D eigenvalue weighted by Gasteiger charge is -2.25. The molecule has 2 heterocycles. The summed E-state index contributed by atoms with van der Waals surface area (Å²) in [6, 6.07) is 7.52. The van der Waals surface area contributed by atoms with E-state index >= 15 is 0 Å². The van der Waals surface area contributed by atoms with E-state index in [2.05, 4.69) is 15.1 Å². The SMILES string of the molecule is Nc1ncnc2c1c(Oc1cccc(Cl)c1)nn2C1CCC1. The Balaban J connectivity index is 1.82. The summed E-state index contributed by atoms with van der Waals surface area (Å²) in [5.74, 6) is 1.39. The quantitative estimate of drug-likeness (QED) is 0.799. The standard InChI is InChI=1S/C15H14ClN5O/c16-9-3-1-6-11(7-9)22-15-12-13(17)18-8-19-14(12)21(20-15)10-4-2-5-10/h1,3,6-8,10H,2,4-5H2,(H2,17,18,19). The maximum Gasteiger partial charge on any atom is 0.251 e. The number of hydrogen-bond acceptors (Lipinski definition) is 5. The molecule has 0 bridgehead atoms. The highest BCUT2D eigenvalue weighted by Gasteiger charge is 2.26. The fourth-order valence-corrected chi connectivity index (χ4v) is 2.74. The minimum Gasteiger partial charge on any atom is -0.437 e. The van der Waals surface area contributed by atoms with Gasteiger partial charge in [0.1, 0.15) is 23.3 Å². The molecule has 1 aliphatic rings. The average molecular weight is 316 g/mol. The molecule has 0 radical (unpaired) electrons. The number of aromatic nitrogens is 4. The summed E-state index contributed by atoms with van der Waals surface area (Å²) >= 11 is 5.99. The fourth-order valence-electron chi connectivity index (χ4n) is 2.56. The second-order valence-electron chi connectivity index (χ2n) is 5.35. The minimum atomic E-state index is 0.355. The number of anilines is 1. The van der Waals surface area contributed by atoms with Crippen LogP contribution in [0.5, 0.6) is 11.6 Å². The first kappa shape index (κ1) is 13.3. The number of hydrogen-bond donors (Lipinski definition) is 1. The van der Waals surface area contributed by atoms with Crippen molar-refractivity contribution in [2.45, 2.75) is 25.3 Å². The van der Waals surface area contributed by atoms with Gasteiger partial charge in [-0.05, 0) is 37.5 Å². The molecule has 0 unspecified atom stereocenters. The Kier molecular flexibility index (Phi) is 3.11. The first-order valence-corrected chi connectivity index (χ1v) is 7.52. The van der Waals surface area contributed by atoms with Gasteiger partial charge in [-0.1, -0.05) is 17.7 Å². The van der Waals surface area contributed by atoms with E-state index in [0.29, 0.717) is 39.5 Å². The first-order chi connectivity index (χ1) is 10.7. The summed E-state index contributed by atoms with van der Waals surface area (Å²) in [6.45, 7) is 0. The Morgan fingerprint density at radius 3 is 2.86 bits per heavy atom. The molecule has 0 amide bonds. The Bertz CT molecular complexity index is 843. The van der Waals surface area contributed by atoms with Gasteiger partial charge in [0.2, 0.25) is 0 Å². The molecule has 1 aromatic carbocycles. The molecule has 3 aromatic rings. The lowest BCUT2D eigenvalue weighted by molar-refractivity contribution is 0.289. The maximum atomic E-state index is 6.00. The van der Waals surface area contributed by atoms with Gasteiger partial charge in [-0.3, -0.25) is 0 Å². The van der Waals surface area contributed by atoms with Crippen molar-refractivity contribution in [1.29, 1.82) is 0 Å². The van der Waals surface area contributed by atoms with Gasteiger partial charge in [0.25, 0.3) is 5.88 Å². The maximum absolute atomic E-state index is 6.00. The topological polar surface area (TPSA) is 78.8 Å². The molecule has 112 valence electrons. The monoisotopic (exact) mass is 315 g/mol. The Morgan fingerprint density at radius 2 is 2.14 bits per heavy atom. The highest BCUT2D eigenvalue weighted by molar-refractivity contribution is 6.30. The number of nitrogen functional groups attached to an aromatic ring is 1. The molecular weight excluding hydrogens is 302 g/mol. The summed E-state index contributed by atoms with van der Waals surface area (Å²) in [5.41, 5.74) is 6.72. The van der Waals surface area contributed by atoms with Crippen LogP contribution >= 0.6 is 11.6 Å². The number of nitrogens with zero attached hydrogens (tertiary/aromatic N) is 4. The molecule has 1 fully saturated rings. The number of benzene rings is 1.